The van der Waals surface area contributed by atoms with Gasteiger partial charge >= 0.3 is 0 Å². The molecule has 0 bridgehead atoms. The predicted molar refractivity (Wildman–Crippen MR) is 97.7 cm³/mol. The van der Waals surface area contributed by atoms with Crippen LogP contribution in [-0.4, -0.2) is 24.9 Å². The summed E-state index contributed by atoms with van der Waals surface area (Å²) in [5.41, 5.74) is 3.43. The zero-order valence-electron chi connectivity index (χ0n) is 14.1. The number of aryl methyl sites for hydroxylation is 2. The van der Waals surface area contributed by atoms with E-state index < -0.39 is 0 Å². The van der Waals surface area contributed by atoms with Crippen LogP contribution in [0.5, 0.6) is 0 Å². The molecule has 0 radical (unpaired) electrons. The number of anilines is 1. The summed E-state index contributed by atoms with van der Waals surface area (Å²) in [6.45, 7) is 6.14. The molecular formula is C19H21ClN2O2. The monoisotopic (exact) mass is 344 g/mol. The van der Waals surface area contributed by atoms with E-state index in [2.05, 4.69) is 5.32 Å². The molecule has 0 aliphatic rings. The molecule has 1 N–H and O–H groups in total. The van der Waals surface area contributed by atoms with E-state index in [1.54, 1.807) is 29.2 Å². The second kappa shape index (κ2) is 7.97. The number of hydrogen-bond acceptors (Lipinski definition) is 2. The van der Waals surface area contributed by atoms with Gasteiger partial charge in [0.25, 0.3) is 5.91 Å². The Morgan fingerprint density at radius 2 is 1.75 bits per heavy atom. The molecule has 0 unspecified atom stereocenters. The molecule has 0 aliphatic heterocycles. The van der Waals surface area contributed by atoms with Crippen LogP contribution < -0.4 is 10.2 Å². The summed E-state index contributed by atoms with van der Waals surface area (Å²) in [6.07, 6.45) is 0. The fraction of sp³-hybridized carbons (Fsp3) is 0.263. The number of halogens is 1. The van der Waals surface area contributed by atoms with Gasteiger partial charge in [0.05, 0.1) is 0 Å². The summed E-state index contributed by atoms with van der Waals surface area (Å²) in [4.78, 5) is 25.7. The Bertz CT molecular complexity index is 742. The number of nitrogens with one attached hydrogen (secondary N) is 1. The van der Waals surface area contributed by atoms with E-state index in [9.17, 15) is 9.59 Å². The van der Waals surface area contributed by atoms with E-state index in [4.69, 9.17) is 11.6 Å². The average Bonchev–Trinajstić information content (AvgIpc) is 2.54. The number of amides is 2. The number of carbonyl (C=O) groups is 2. The van der Waals surface area contributed by atoms with Crippen molar-refractivity contribution in [1.29, 1.82) is 0 Å². The summed E-state index contributed by atoms with van der Waals surface area (Å²) in [5, 5.41) is 3.42. The van der Waals surface area contributed by atoms with Gasteiger partial charge in [-0.05, 0) is 43.7 Å². The van der Waals surface area contributed by atoms with Gasteiger partial charge in [-0.2, -0.15) is 0 Å². The molecule has 24 heavy (non-hydrogen) atoms. The van der Waals surface area contributed by atoms with Crippen molar-refractivity contribution in [1.82, 2.24) is 5.32 Å². The van der Waals surface area contributed by atoms with Gasteiger partial charge < -0.3 is 10.2 Å². The van der Waals surface area contributed by atoms with E-state index in [1.165, 1.54) is 6.92 Å². The molecule has 0 aliphatic carbocycles. The van der Waals surface area contributed by atoms with Crippen LogP contribution in [0.3, 0.4) is 0 Å². The topological polar surface area (TPSA) is 49.4 Å². The van der Waals surface area contributed by atoms with Gasteiger partial charge in [-0.15, -0.1) is 0 Å². The summed E-state index contributed by atoms with van der Waals surface area (Å²) < 4.78 is 0. The van der Waals surface area contributed by atoms with E-state index >= 15 is 0 Å². The molecular weight excluding hydrogens is 324 g/mol. The Kier molecular flexibility index (Phi) is 5.99. The fourth-order valence-corrected chi connectivity index (χ4v) is 2.58. The van der Waals surface area contributed by atoms with Crippen molar-refractivity contribution >= 4 is 29.1 Å². The van der Waals surface area contributed by atoms with Crippen LogP contribution in [0.15, 0.2) is 42.5 Å². The highest BCUT2D eigenvalue weighted by atomic mass is 35.5. The largest absolute Gasteiger partial charge is 0.350 e. The SMILES string of the molecule is CC(=O)N(CCNC(=O)c1ccc(C)cc1)c1cc(Cl)ccc1C. The first kappa shape index (κ1) is 18.0. The van der Waals surface area contributed by atoms with Crippen LogP contribution in [0.1, 0.15) is 28.4 Å². The zero-order chi connectivity index (χ0) is 17.7. The molecule has 4 nitrogen and oxygen atoms in total. The number of rotatable bonds is 5. The summed E-state index contributed by atoms with van der Waals surface area (Å²) in [6, 6.07) is 12.8. The molecule has 0 saturated carbocycles. The van der Waals surface area contributed by atoms with Crippen molar-refractivity contribution < 1.29 is 9.59 Å². The van der Waals surface area contributed by atoms with Crippen LogP contribution in [0.25, 0.3) is 0 Å². The van der Waals surface area contributed by atoms with Crippen LogP contribution in [-0.2, 0) is 4.79 Å². The number of hydrogen-bond donors (Lipinski definition) is 1. The molecule has 2 rings (SSSR count). The van der Waals surface area contributed by atoms with Crippen molar-refractivity contribution in [3.63, 3.8) is 0 Å². The van der Waals surface area contributed by atoms with Gasteiger partial charge in [-0.3, -0.25) is 9.59 Å². The highest BCUT2D eigenvalue weighted by Gasteiger charge is 2.14. The highest BCUT2D eigenvalue weighted by molar-refractivity contribution is 6.31. The molecule has 2 aromatic carbocycles. The molecule has 0 saturated heterocycles. The van der Waals surface area contributed by atoms with Gasteiger partial charge in [0.2, 0.25) is 5.91 Å². The lowest BCUT2D eigenvalue weighted by atomic mass is 10.1. The van der Waals surface area contributed by atoms with Crippen LogP contribution in [0.2, 0.25) is 5.02 Å². The van der Waals surface area contributed by atoms with Gasteiger partial charge in [-0.25, -0.2) is 0 Å². The maximum Gasteiger partial charge on any atom is 0.251 e. The summed E-state index contributed by atoms with van der Waals surface area (Å²) in [5.74, 6) is -0.244. The maximum absolute atomic E-state index is 12.1. The number of carbonyl (C=O) groups excluding carboxylic acids is 2. The van der Waals surface area contributed by atoms with Gasteiger partial charge in [0, 0.05) is 36.3 Å². The molecule has 0 spiro atoms. The fourth-order valence-electron chi connectivity index (χ4n) is 2.41. The minimum Gasteiger partial charge on any atom is -0.350 e. The Hall–Kier alpha value is -2.33. The second-order valence-corrected chi connectivity index (χ2v) is 6.16. The molecule has 0 heterocycles. The molecule has 0 atom stereocenters. The van der Waals surface area contributed by atoms with E-state index in [0.717, 1.165) is 16.8 Å². The van der Waals surface area contributed by atoms with Crippen LogP contribution >= 0.6 is 11.6 Å². The average molecular weight is 345 g/mol. The third kappa shape index (κ3) is 4.59. The third-order valence-electron chi connectivity index (χ3n) is 3.78. The molecule has 0 fully saturated rings. The first-order valence-corrected chi connectivity index (χ1v) is 8.15. The van der Waals surface area contributed by atoms with Gasteiger partial charge in [0.15, 0.2) is 0 Å². The van der Waals surface area contributed by atoms with Crippen LogP contribution in [0.4, 0.5) is 5.69 Å². The number of benzene rings is 2. The van der Waals surface area contributed by atoms with Crippen molar-refractivity contribution in [3.05, 3.63) is 64.2 Å². The Morgan fingerprint density at radius 3 is 2.38 bits per heavy atom. The highest BCUT2D eigenvalue weighted by Crippen LogP contribution is 2.24. The van der Waals surface area contributed by atoms with Crippen molar-refractivity contribution in [2.75, 3.05) is 18.0 Å². The maximum atomic E-state index is 12.1. The van der Waals surface area contributed by atoms with Crippen molar-refractivity contribution in [2.24, 2.45) is 0 Å². The first-order valence-electron chi connectivity index (χ1n) is 7.77. The molecule has 0 aromatic heterocycles. The number of nitrogens with zero attached hydrogens (tertiary/aromatic N) is 1. The lowest BCUT2D eigenvalue weighted by Crippen LogP contribution is -2.38. The summed E-state index contributed by atoms with van der Waals surface area (Å²) >= 11 is 6.04. The normalized spacial score (nSPS) is 10.3. The Balaban J connectivity index is 2.02. The van der Waals surface area contributed by atoms with Crippen LogP contribution in [0, 0.1) is 13.8 Å². The van der Waals surface area contributed by atoms with E-state index in [1.807, 2.05) is 32.0 Å². The second-order valence-electron chi connectivity index (χ2n) is 5.72. The van der Waals surface area contributed by atoms with E-state index in [0.29, 0.717) is 23.7 Å². The molecule has 2 amide bonds. The smallest absolute Gasteiger partial charge is 0.251 e. The standard InChI is InChI=1S/C19H21ClN2O2/c1-13-4-7-16(8-5-13)19(24)21-10-11-22(15(3)23)18-12-17(20)9-6-14(18)2/h4-9,12H,10-11H2,1-3H3,(H,21,24). The zero-order valence-corrected chi connectivity index (χ0v) is 14.9. The Labute approximate surface area is 147 Å². The Morgan fingerprint density at radius 1 is 1.08 bits per heavy atom. The van der Waals surface area contributed by atoms with Crippen molar-refractivity contribution in [2.45, 2.75) is 20.8 Å². The lowest BCUT2D eigenvalue weighted by molar-refractivity contribution is -0.116. The predicted octanol–water partition coefficient (Wildman–Crippen LogP) is 3.74. The quantitative estimate of drug-likeness (QED) is 0.898. The van der Waals surface area contributed by atoms with Gasteiger partial charge in [0.1, 0.15) is 0 Å². The minimum absolute atomic E-state index is 0.0926. The van der Waals surface area contributed by atoms with E-state index in [-0.39, 0.29) is 11.8 Å². The first-order chi connectivity index (χ1) is 11.4. The third-order valence-corrected chi connectivity index (χ3v) is 4.01. The van der Waals surface area contributed by atoms with Gasteiger partial charge in [-0.1, -0.05) is 35.4 Å². The minimum atomic E-state index is -0.152. The summed E-state index contributed by atoms with van der Waals surface area (Å²) in [7, 11) is 0. The lowest BCUT2D eigenvalue weighted by Gasteiger charge is -2.23. The molecule has 126 valence electrons. The molecule has 2 aromatic rings. The van der Waals surface area contributed by atoms with Crippen molar-refractivity contribution in [3.8, 4) is 0 Å². The molecule has 5 heteroatoms.